The summed E-state index contributed by atoms with van der Waals surface area (Å²) in [5.74, 6) is -1.72. The third-order valence-corrected chi connectivity index (χ3v) is 6.13. The van der Waals surface area contributed by atoms with Crippen molar-refractivity contribution in [2.24, 2.45) is 0 Å². The molecule has 1 aliphatic rings. The minimum atomic E-state index is -3.83. The summed E-state index contributed by atoms with van der Waals surface area (Å²) in [5.41, 5.74) is 0.689. The molecule has 0 bridgehead atoms. The van der Waals surface area contributed by atoms with Crippen molar-refractivity contribution >= 4 is 15.9 Å². The van der Waals surface area contributed by atoms with Gasteiger partial charge in [0.05, 0.1) is 5.75 Å². The number of piperazine rings is 1. The van der Waals surface area contributed by atoms with Crippen molar-refractivity contribution in [3.05, 3.63) is 71.3 Å². The Morgan fingerprint density at radius 2 is 1.77 bits per heavy atom. The second-order valence-corrected chi connectivity index (χ2v) is 8.05. The van der Waals surface area contributed by atoms with Gasteiger partial charge >= 0.3 is 0 Å². The Morgan fingerprint density at radius 1 is 1.08 bits per heavy atom. The first-order valence-corrected chi connectivity index (χ1v) is 9.75. The van der Waals surface area contributed by atoms with E-state index in [-0.39, 0.29) is 25.3 Å². The fourth-order valence-corrected chi connectivity index (χ4v) is 4.59. The van der Waals surface area contributed by atoms with Crippen molar-refractivity contribution in [1.29, 1.82) is 0 Å². The zero-order valence-electron chi connectivity index (χ0n) is 13.9. The van der Waals surface area contributed by atoms with E-state index in [1.165, 1.54) is 42.5 Å². The Labute approximate surface area is 150 Å². The summed E-state index contributed by atoms with van der Waals surface area (Å²) < 4.78 is 53.6. The molecule has 0 aliphatic carbocycles. The highest BCUT2D eigenvalue weighted by Crippen LogP contribution is 2.27. The summed E-state index contributed by atoms with van der Waals surface area (Å²) in [5, 5.41) is 2.63. The third kappa shape index (κ3) is 3.91. The van der Waals surface area contributed by atoms with Crippen molar-refractivity contribution in [2.45, 2.75) is 12.5 Å². The minimum absolute atomic E-state index is 0.00324. The number of hydrogen-bond acceptors (Lipinski definition) is 3. The van der Waals surface area contributed by atoms with E-state index in [0.29, 0.717) is 11.1 Å². The quantitative estimate of drug-likeness (QED) is 0.863. The van der Waals surface area contributed by atoms with Gasteiger partial charge in [0.15, 0.2) is 0 Å². The molecule has 1 amide bonds. The van der Waals surface area contributed by atoms with Crippen LogP contribution < -0.4 is 5.32 Å². The van der Waals surface area contributed by atoms with Gasteiger partial charge in [-0.05, 0) is 35.7 Å². The first kappa shape index (κ1) is 18.5. The van der Waals surface area contributed by atoms with E-state index < -0.39 is 33.6 Å². The molecule has 0 radical (unpaired) electrons. The van der Waals surface area contributed by atoms with Crippen LogP contribution in [0.1, 0.15) is 17.2 Å². The Kier molecular flexibility index (Phi) is 5.33. The lowest BCUT2D eigenvalue weighted by molar-refractivity contribution is -0.126. The molecule has 1 N–H and O–H groups in total. The average molecular weight is 380 g/mol. The van der Waals surface area contributed by atoms with Crippen LogP contribution in [-0.4, -0.2) is 37.5 Å². The second-order valence-electron chi connectivity index (χ2n) is 6.01. The molecule has 3 rings (SSSR count). The normalized spacial score (nSPS) is 18.5. The summed E-state index contributed by atoms with van der Waals surface area (Å²) in [6, 6.07) is 10.1. The summed E-state index contributed by atoms with van der Waals surface area (Å²) in [7, 11) is -3.83. The van der Waals surface area contributed by atoms with Crippen LogP contribution in [0.3, 0.4) is 0 Å². The average Bonchev–Trinajstić information content (AvgIpc) is 2.62. The number of benzene rings is 2. The van der Waals surface area contributed by atoms with Crippen LogP contribution in [-0.2, 0) is 21.2 Å². The van der Waals surface area contributed by atoms with Gasteiger partial charge in [-0.1, -0.05) is 30.3 Å². The molecule has 2 aromatic carbocycles. The monoisotopic (exact) mass is 380 g/mol. The van der Waals surface area contributed by atoms with Gasteiger partial charge in [-0.2, -0.15) is 4.31 Å². The molecule has 0 spiro atoms. The van der Waals surface area contributed by atoms with Crippen molar-refractivity contribution in [2.75, 3.05) is 18.8 Å². The Morgan fingerprint density at radius 3 is 2.46 bits per heavy atom. The van der Waals surface area contributed by atoms with Gasteiger partial charge in [0.25, 0.3) is 0 Å². The Hall–Kier alpha value is -2.32. The van der Waals surface area contributed by atoms with Crippen molar-refractivity contribution in [3.63, 3.8) is 0 Å². The lowest BCUT2D eigenvalue weighted by Gasteiger charge is -2.34. The molecule has 1 heterocycles. The molecular weight excluding hydrogens is 362 g/mol. The summed E-state index contributed by atoms with van der Waals surface area (Å²) >= 11 is 0. The number of carbonyl (C=O) groups excluding carboxylic acids is 1. The van der Waals surface area contributed by atoms with E-state index in [2.05, 4.69) is 5.32 Å². The van der Waals surface area contributed by atoms with Gasteiger partial charge < -0.3 is 5.32 Å². The highest BCUT2D eigenvalue weighted by molar-refractivity contribution is 7.89. The molecule has 1 atom stereocenters. The first-order chi connectivity index (χ1) is 12.4. The topological polar surface area (TPSA) is 66.5 Å². The molecule has 1 fully saturated rings. The van der Waals surface area contributed by atoms with Crippen LogP contribution in [0.4, 0.5) is 8.78 Å². The number of nitrogens with one attached hydrogen (secondary N) is 1. The molecule has 26 heavy (non-hydrogen) atoms. The van der Waals surface area contributed by atoms with Crippen LogP contribution in [0.25, 0.3) is 0 Å². The molecule has 5 nitrogen and oxygen atoms in total. The standard InChI is InChI=1S/C18H18F2N2O3S/c19-15-7-5-14(6-8-15)17-18(23)21-10-11-22(17)26(24,25)12-9-13-3-1-2-4-16(13)20/h1-8,17H,9-12H2,(H,21,23). The van der Waals surface area contributed by atoms with Gasteiger partial charge in [-0.15, -0.1) is 0 Å². The molecule has 1 aliphatic heterocycles. The number of carbonyl (C=O) groups is 1. The van der Waals surface area contributed by atoms with Crippen LogP contribution in [0, 0.1) is 11.6 Å². The van der Waals surface area contributed by atoms with Crippen LogP contribution in [0.15, 0.2) is 48.5 Å². The zero-order chi connectivity index (χ0) is 18.7. The van der Waals surface area contributed by atoms with Gasteiger partial charge in [0.2, 0.25) is 15.9 Å². The number of sulfonamides is 1. The summed E-state index contributed by atoms with van der Waals surface area (Å²) in [6.07, 6.45) is 0.00324. The lowest BCUT2D eigenvalue weighted by atomic mass is 10.0. The predicted molar refractivity (Wildman–Crippen MR) is 92.7 cm³/mol. The third-order valence-electron chi connectivity index (χ3n) is 4.30. The van der Waals surface area contributed by atoms with E-state index in [1.54, 1.807) is 6.07 Å². The zero-order valence-corrected chi connectivity index (χ0v) is 14.7. The molecule has 2 aromatic rings. The molecular formula is C18H18F2N2O3S. The largest absolute Gasteiger partial charge is 0.353 e. The van der Waals surface area contributed by atoms with Gasteiger partial charge in [0, 0.05) is 13.1 Å². The molecule has 0 saturated carbocycles. The summed E-state index contributed by atoms with van der Waals surface area (Å²) in [6.45, 7) is 0.294. The van der Waals surface area contributed by atoms with Crippen LogP contribution in [0.2, 0.25) is 0 Å². The summed E-state index contributed by atoms with van der Waals surface area (Å²) in [4.78, 5) is 12.3. The number of nitrogens with zero attached hydrogens (tertiary/aromatic N) is 1. The SMILES string of the molecule is O=C1NCCN(S(=O)(=O)CCc2ccccc2F)C1c1ccc(F)cc1. The number of halogens is 2. The van der Waals surface area contributed by atoms with Crippen molar-refractivity contribution in [3.8, 4) is 0 Å². The van der Waals surface area contributed by atoms with E-state index in [1.807, 2.05) is 0 Å². The maximum atomic E-state index is 13.7. The molecule has 1 saturated heterocycles. The van der Waals surface area contributed by atoms with E-state index in [0.717, 1.165) is 4.31 Å². The second kappa shape index (κ2) is 7.51. The molecule has 0 aromatic heterocycles. The fraction of sp³-hybridized carbons (Fsp3) is 0.278. The Balaban J connectivity index is 1.84. The van der Waals surface area contributed by atoms with Crippen LogP contribution >= 0.6 is 0 Å². The molecule has 138 valence electrons. The van der Waals surface area contributed by atoms with E-state index in [4.69, 9.17) is 0 Å². The highest BCUT2D eigenvalue weighted by Gasteiger charge is 2.38. The minimum Gasteiger partial charge on any atom is -0.353 e. The maximum absolute atomic E-state index is 13.7. The first-order valence-electron chi connectivity index (χ1n) is 8.14. The maximum Gasteiger partial charge on any atom is 0.243 e. The van der Waals surface area contributed by atoms with Gasteiger partial charge in [-0.25, -0.2) is 17.2 Å². The number of aryl methyl sites for hydroxylation is 1. The smallest absolute Gasteiger partial charge is 0.243 e. The number of amides is 1. The predicted octanol–water partition coefficient (Wildman–Crippen LogP) is 2.01. The van der Waals surface area contributed by atoms with Crippen molar-refractivity contribution in [1.82, 2.24) is 9.62 Å². The molecule has 1 unspecified atom stereocenters. The lowest BCUT2D eigenvalue weighted by Crippen LogP contribution is -2.52. The van der Waals surface area contributed by atoms with Crippen molar-refractivity contribution < 1.29 is 22.0 Å². The van der Waals surface area contributed by atoms with Gasteiger partial charge in [-0.3, -0.25) is 4.79 Å². The van der Waals surface area contributed by atoms with E-state index in [9.17, 15) is 22.0 Å². The van der Waals surface area contributed by atoms with Crippen LogP contribution in [0.5, 0.6) is 0 Å². The van der Waals surface area contributed by atoms with E-state index >= 15 is 0 Å². The number of hydrogen-bond donors (Lipinski definition) is 1. The fourth-order valence-electron chi connectivity index (χ4n) is 2.97. The Bertz CT molecular complexity index is 901. The highest BCUT2D eigenvalue weighted by atomic mass is 32.2. The van der Waals surface area contributed by atoms with Gasteiger partial charge in [0.1, 0.15) is 17.7 Å². The molecule has 8 heteroatoms. The number of rotatable bonds is 5.